The summed E-state index contributed by atoms with van der Waals surface area (Å²) < 4.78 is 32.1. The van der Waals surface area contributed by atoms with E-state index in [0.717, 1.165) is 12.8 Å². The molecule has 1 fully saturated rings. The number of amides is 2. The van der Waals surface area contributed by atoms with E-state index in [4.69, 9.17) is 22.1 Å². The zero-order valence-electron chi connectivity index (χ0n) is 23.0. The summed E-state index contributed by atoms with van der Waals surface area (Å²) in [6.07, 6.45) is 4.99. The second kappa shape index (κ2) is 13.0. The van der Waals surface area contributed by atoms with E-state index >= 15 is 0 Å². The van der Waals surface area contributed by atoms with Crippen molar-refractivity contribution >= 4 is 29.6 Å². The van der Waals surface area contributed by atoms with E-state index in [1.54, 1.807) is 49.4 Å². The fourth-order valence-electron chi connectivity index (χ4n) is 4.36. The van der Waals surface area contributed by atoms with Gasteiger partial charge in [-0.25, -0.2) is 14.5 Å². The molecule has 15 heteroatoms. The average Bonchev–Trinajstić information content (AvgIpc) is 3.42. The van der Waals surface area contributed by atoms with E-state index < -0.39 is 24.6 Å². The van der Waals surface area contributed by atoms with Crippen molar-refractivity contribution in [2.75, 3.05) is 13.2 Å². The second-order valence-electron chi connectivity index (χ2n) is 9.68. The van der Waals surface area contributed by atoms with Crippen LogP contribution in [0.2, 0.25) is 5.02 Å². The van der Waals surface area contributed by atoms with Crippen LogP contribution >= 0.6 is 11.6 Å². The van der Waals surface area contributed by atoms with Gasteiger partial charge in [-0.2, -0.15) is 19.0 Å². The molecular formula is C28H28ClF2N9O3. The molecule has 43 heavy (non-hydrogen) atoms. The van der Waals surface area contributed by atoms with Gasteiger partial charge in [0, 0.05) is 35.5 Å². The van der Waals surface area contributed by atoms with Crippen LogP contribution in [0.5, 0.6) is 0 Å². The number of hydrogen-bond donors (Lipinski definition) is 3. The standard InChI is InChI=1S/C28H28ClF2N9O3/c1-2-33-27(32)40(25(41)17-5-3-16(4-6-17)19-12-36-39(13-19)26(30)31)23(14-43-28(42)37-20-8-9-20)18-7-10-22(29)21(11-18)24-34-15-35-38-24/h3-7,10-13,15,20,23,26H,2,8-9,14H2,1H3,(H2,32,33)(H,37,42)(H,34,35,38)/t23-/m1/s1. The molecule has 5 rings (SSSR count). The minimum Gasteiger partial charge on any atom is -0.447 e. The molecule has 4 aromatic rings. The molecule has 12 nitrogen and oxygen atoms in total. The molecule has 1 saturated carbocycles. The molecule has 0 spiro atoms. The molecule has 0 aliphatic heterocycles. The Hall–Kier alpha value is -4.85. The number of carbonyl (C=O) groups is 2. The number of benzene rings is 2. The highest BCUT2D eigenvalue weighted by Crippen LogP contribution is 2.32. The van der Waals surface area contributed by atoms with Gasteiger partial charge in [0.15, 0.2) is 11.8 Å². The number of halogens is 3. The lowest BCUT2D eigenvalue weighted by molar-refractivity contribution is 0.0566. The number of nitrogens with zero attached hydrogens (tertiary/aromatic N) is 6. The summed E-state index contributed by atoms with van der Waals surface area (Å²) in [5.41, 5.74) is 8.69. The van der Waals surface area contributed by atoms with E-state index in [2.05, 4.69) is 30.6 Å². The highest BCUT2D eigenvalue weighted by Gasteiger charge is 2.32. The molecule has 2 amide bonds. The number of nitrogens with one attached hydrogen (secondary N) is 2. The van der Waals surface area contributed by atoms with Gasteiger partial charge in [0.05, 0.1) is 17.3 Å². The Kier molecular flexibility index (Phi) is 8.95. The van der Waals surface area contributed by atoms with Gasteiger partial charge >= 0.3 is 12.6 Å². The smallest absolute Gasteiger partial charge is 0.407 e. The Balaban J connectivity index is 1.50. The maximum Gasteiger partial charge on any atom is 0.407 e. The molecule has 2 aromatic carbocycles. The van der Waals surface area contributed by atoms with Crippen molar-refractivity contribution in [1.82, 2.24) is 35.2 Å². The topological polar surface area (TPSA) is 156 Å². The summed E-state index contributed by atoms with van der Waals surface area (Å²) in [6, 6.07) is 10.5. The van der Waals surface area contributed by atoms with Crippen molar-refractivity contribution in [2.24, 2.45) is 10.7 Å². The van der Waals surface area contributed by atoms with E-state index in [0.29, 0.717) is 37.8 Å². The maximum atomic E-state index is 14.1. The lowest BCUT2D eigenvalue weighted by Gasteiger charge is -2.31. The third-order valence-electron chi connectivity index (χ3n) is 6.68. The van der Waals surface area contributed by atoms with Gasteiger partial charge in [-0.05, 0) is 55.2 Å². The molecular weight excluding hydrogens is 584 g/mol. The molecule has 4 N–H and O–H groups in total. The highest BCUT2D eigenvalue weighted by atomic mass is 35.5. The van der Waals surface area contributed by atoms with E-state index in [-0.39, 0.29) is 30.7 Å². The van der Waals surface area contributed by atoms with Crippen LogP contribution in [0.15, 0.2) is 66.2 Å². The first-order valence-electron chi connectivity index (χ1n) is 13.4. The molecule has 0 unspecified atom stereocenters. The number of aromatic amines is 1. The summed E-state index contributed by atoms with van der Waals surface area (Å²) in [5, 5.41) is 13.5. The third kappa shape index (κ3) is 6.97. The van der Waals surface area contributed by atoms with Crippen molar-refractivity contribution in [2.45, 2.75) is 38.4 Å². The summed E-state index contributed by atoms with van der Waals surface area (Å²) in [6.45, 7) is -0.982. The van der Waals surface area contributed by atoms with E-state index in [1.165, 1.54) is 23.6 Å². The first-order chi connectivity index (χ1) is 20.7. The summed E-state index contributed by atoms with van der Waals surface area (Å²) in [4.78, 5) is 36.3. The van der Waals surface area contributed by atoms with Gasteiger partial charge in [-0.1, -0.05) is 29.8 Å². The first-order valence-corrected chi connectivity index (χ1v) is 13.8. The minimum atomic E-state index is -2.77. The van der Waals surface area contributed by atoms with Gasteiger partial charge in [-0.3, -0.25) is 19.8 Å². The molecule has 1 aliphatic rings. The molecule has 0 saturated heterocycles. The monoisotopic (exact) mass is 611 g/mol. The number of carbonyl (C=O) groups excluding carboxylic acids is 2. The van der Waals surface area contributed by atoms with E-state index in [1.807, 2.05) is 0 Å². The summed E-state index contributed by atoms with van der Waals surface area (Å²) in [5.74, 6) is -0.226. The van der Waals surface area contributed by atoms with Crippen molar-refractivity contribution in [3.8, 4) is 22.5 Å². The van der Waals surface area contributed by atoms with Crippen LogP contribution in [0, 0.1) is 0 Å². The van der Waals surface area contributed by atoms with Crippen LogP contribution < -0.4 is 11.1 Å². The van der Waals surface area contributed by atoms with Crippen molar-refractivity contribution in [3.63, 3.8) is 0 Å². The molecule has 0 radical (unpaired) electrons. The van der Waals surface area contributed by atoms with Crippen LogP contribution in [-0.2, 0) is 4.74 Å². The zero-order chi connectivity index (χ0) is 30.5. The maximum absolute atomic E-state index is 14.1. The lowest BCUT2D eigenvalue weighted by Crippen LogP contribution is -2.46. The number of nitrogens with two attached hydrogens (primary N) is 1. The number of ether oxygens (including phenoxy) is 1. The van der Waals surface area contributed by atoms with Gasteiger partial charge in [0.2, 0.25) is 0 Å². The zero-order valence-corrected chi connectivity index (χ0v) is 23.7. The molecule has 2 heterocycles. The average molecular weight is 612 g/mol. The van der Waals surface area contributed by atoms with Gasteiger partial charge in [0.1, 0.15) is 12.9 Å². The number of rotatable bonds is 10. The Morgan fingerprint density at radius 2 is 2.00 bits per heavy atom. The Bertz CT molecular complexity index is 1610. The normalized spacial score (nSPS) is 14.0. The minimum absolute atomic E-state index is 0.0651. The molecule has 1 atom stereocenters. The van der Waals surface area contributed by atoms with Crippen molar-refractivity contribution in [3.05, 3.63) is 77.3 Å². The van der Waals surface area contributed by atoms with E-state index in [9.17, 15) is 18.4 Å². The van der Waals surface area contributed by atoms with Crippen molar-refractivity contribution < 1.29 is 23.1 Å². The van der Waals surface area contributed by atoms with Gasteiger partial charge < -0.3 is 15.8 Å². The van der Waals surface area contributed by atoms with Crippen LogP contribution in [-0.4, -0.2) is 67.0 Å². The number of hydrogen-bond acceptors (Lipinski definition) is 7. The Morgan fingerprint density at radius 1 is 1.23 bits per heavy atom. The summed E-state index contributed by atoms with van der Waals surface area (Å²) >= 11 is 6.46. The number of alkyl halides is 2. The van der Waals surface area contributed by atoms with Gasteiger partial charge in [-0.15, -0.1) is 0 Å². The Labute approximate surface area is 249 Å². The molecule has 1 aliphatic carbocycles. The number of guanidine groups is 1. The van der Waals surface area contributed by atoms with Crippen LogP contribution in [0.25, 0.3) is 22.5 Å². The van der Waals surface area contributed by atoms with Crippen LogP contribution in [0.1, 0.15) is 48.3 Å². The molecule has 224 valence electrons. The van der Waals surface area contributed by atoms with Crippen LogP contribution in [0.4, 0.5) is 13.6 Å². The number of aromatic nitrogens is 5. The summed E-state index contributed by atoms with van der Waals surface area (Å²) in [7, 11) is 0. The molecule has 0 bridgehead atoms. The second-order valence-corrected chi connectivity index (χ2v) is 10.1. The number of H-pyrrole nitrogens is 1. The quantitative estimate of drug-likeness (QED) is 0.172. The van der Waals surface area contributed by atoms with Gasteiger partial charge in [0.25, 0.3) is 5.91 Å². The first kappa shape index (κ1) is 29.6. The Morgan fingerprint density at radius 3 is 2.63 bits per heavy atom. The third-order valence-corrected chi connectivity index (χ3v) is 7.01. The fraction of sp³-hybridized carbons (Fsp3) is 0.286. The molecule has 2 aromatic heterocycles. The van der Waals surface area contributed by atoms with Crippen molar-refractivity contribution in [1.29, 1.82) is 0 Å². The number of aliphatic imine (C=N–C) groups is 1. The SMILES string of the molecule is CCN=C(N)N(C(=O)c1ccc(-c2cnn(C(F)F)c2)cc1)[C@H](COC(=O)NC1CC1)c1ccc(Cl)c(-c2ncn[nH]2)c1. The number of alkyl carbamates (subject to hydrolysis) is 1. The highest BCUT2D eigenvalue weighted by molar-refractivity contribution is 6.33. The predicted octanol–water partition coefficient (Wildman–Crippen LogP) is 4.79. The van der Waals surface area contributed by atoms with Crippen LogP contribution in [0.3, 0.4) is 0 Å². The fourth-order valence-corrected chi connectivity index (χ4v) is 4.57. The lowest BCUT2D eigenvalue weighted by atomic mass is 10.0. The predicted molar refractivity (Wildman–Crippen MR) is 154 cm³/mol. The largest absolute Gasteiger partial charge is 0.447 e.